The van der Waals surface area contributed by atoms with Crippen LogP contribution in [0.5, 0.6) is 0 Å². The van der Waals surface area contributed by atoms with Crippen molar-refractivity contribution in [1.82, 2.24) is 0 Å². The van der Waals surface area contributed by atoms with E-state index in [2.05, 4.69) is 169 Å². The van der Waals surface area contributed by atoms with Crippen LogP contribution < -0.4 is 4.90 Å². The molecule has 49 heavy (non-hydrogen) atoms. The molecule has 0 aliphatic heterocycles. The minimum absolute atomic E-state index is 0.879. The summed E-state index contributed by atoms with van der Waals surface area (Å²) in [5.41, 5.74) is 9.86. The molecule has 0 radical (unpaired) electrons. The average Bonchev–Trinajstić information content (AvgIpc) is 3.72. The van der Waals surface area contributed by atoms with Gasteiger partial charge in [-0.15, -0.1) is 11.3 Å². The summed E-state index contributed by atoms with van der Waals surface area (Å²) in [4.78, 5) is 2.36. The Balaban J connectivity index is 1.19. The minimum Gasteiger partial charge on any atom is -0.456 e. The highest BCUT2D eigenvalue weighted by Gasteiger charge is 2.18. The smallest absolute Gasteiger partial charge is 0.137 e. The number of benzene rings is 8. The van der Waals surface area contributed by atoms with E-state index in [4.69, 9.17) is 4.42 Å². The molecule has 0 unspecified atom stereocenters. The number of nitrogens with zero attached hydrogens (tertiary/aromatic N) is 1. The molecule has 0 aliphatic rings. The number of thiophene rings is 1. The SMILES string of the molecule is c1ccc(-c2cccc3cccc(-c4cccc(N(c5ccc6c(c5)oc5ccccc56)c5ccc6c(c5)sc5ccccc56)c4)c23)cc1. The Hall–Kier alpha value is -6.16. The number of furan rings is 1. The van der Waals surface area contributed by atoms with E-state index < -0.39 is 0 Å². The lowest BCUT2D eigenvalue weighted by Gasteiger charge is -2.26. The second-order valence-electron chi connectivity index (χ2n) is 12.5. The summed E-state index contributed by atoms with van der Waals surface area (Å²) in [7, 11) is 0. The number of para-hydroxylation sites is 1. The van der Waals surface area contributed by atoms with Gasteiger partial charge in [-0.2, -0.15) is 0 Å². The number of rotatable bonds is 5. The summed E-state index contributed by atoms with van der Waals surface area (Å²) in [5.74, 6) is 0. The van der Waals surface area contributed by atoms with E-state index in [1.54, 1.807) is 0 Å². The standard InChI is InChI=1S/C46H29NOS/c1-2-11-30(12-3-1)36-19-9-13-31-14-10-20-37(46(31)36)32-15-8-16-33(27-32)47(34-23-25-39-38-17-4-6-21-42(38)48-43(39)28-34)35-24-26-41-40-18-5-7-22-44(40)49-45(41)29-35/h1-29H. The fourth-order valence-electron chi connectivity index (χ4n) is 7.41. The van der Waals surface area contributed by atoms with Crippen molar-refractivity contribution in [2.75, 3.05) is 4.90 Å². The average molecular weight is 644 g/mol. The first-order chi connectivity index (χ1) is 24.3. The van der Waals surface area contributed by atoms with Crippen LogP contribution in [0.25, 0.3) is 75.1 Å². The van der Waals surface area contributed by atoms with Crippen molar-refractivity contribution < 1.29 is 4.42 Å². The molecule has 230 valence electrons. The van der Waals surface area contributed by atoms with Gasteiger partial charge < -0.3 is 9.32 Å². The van der Waals surface area contributed by atoms with Gasteiger partial charge in [-0.1, -0.05) is 121 Å². The van der Waals surface area contributed by atoms with Crippen molar-refractivity contribution in [3.8, 4) is 22.3 Å². The molecule has 0 aliphatic carbocycles. The first kappa shape index (κ1) is 27.9. The van der Waals surface area contributed by atoms with Crippen molar-refractivity contribution >= 4 is 81.3 Å². The van der Waals surface area contributed by atoms with E-state index in [-0.39, 0.29) is 0 Å². The number of fused-ring (bicyclic) bond motifs is 7. The Labute approximate surface area is 287 Å². The molecule has 0 bridgehead atoms. The molecule has 0 fully saturated rings. The van der Waals surface area contributed by atoms with Gasteiger partial charge >= 0.3 is 0 Å². The zero-order chi connectivity index (χ0) is 32.3. The number of hydrogen-bond acceptors (Lipinski definition) is 3. The lowest BCUT2D eigenvalue weighted by atomic mass is 9.91. The van der Waals surface area contributed by atoms with Gasteiger partial charge in [-0.3, -0.25) is 0 Å². The van der Waals surface area contributed by atoms with Crippen molar-refractivity contribution in [3.05, 3.63) is 176 Å². The van der Waals surface area contributed by atoms with Crippen LogP contribution in [-0.4, -0.2) is 0 Å². The van der Waals surface area contributed by atoms with Gasteiger partial charge in [-0.25, -0.2) is 0 Å². The van der Waals surface area contributed by atoms with E-state index in [0.29, 0.717) is 0 Å². The Morgan fingerprint density at radius 1 is 0.388 bits per heavy atom. The van der Waals surface area contributed by atoms with Crippen LogP contribution in [0.4, 0.5) is 17.1 Å². The van der Waals surface area contributed by atoms with E-state index >= 15 is 0 Å². The molecule has 2 aromatic heterocycles. The fourth-order valence-corrected chi connectivity index (χ4v) is 8.55. The highest BCUT2D eigenvalue weighted by molar-refractivity contribution is 7.25. The molecule has 0 saturated carbocycles. The van der Waals surface area contributed by atoms with Gasteiger partial charge in [0.2, 0.25) is 0 Å². The molecule has 0 N–H and O–H groups in total. The lowest BCUT2D eigenvalue weighted by molar-refractivity contribution is 0.669. The zero-order valence-electron chi connectivity index (χ0n) is 26.5. The maximum atomic E-state index is 6.40. The molecular formula is C46H29NOS. The van der Waals surface area contributed by atoms with Gasteiger partial charge in [0.05, 0.1) is 0 Å². The minimum atomic E-state index is 0.879. The maximum absolute atomic E-state index is 6.40. The van der Waals surface area contributed by atoms with E-state index in [1.165, 1.54) is 53.2 Å². The molecule has 10 aromatic rings. The highest BCUT2D eigenvalue weighted by Crippen LogP contribution is 2.44. The molecule has 2 heterocycles. The monoisotopic (exact) mass is 643 g/mol. The number of hydrogen-bond donors (Lipinski definition) is 0. The summed E-state index contributed by atoms with van der Waals surface area (Å²) in [6, 6.07) is 63.3. The third-order valence-corrected chi connectivity index (χ3v) is 10.8. The molecule has 2 nitrogen and oxygen atoms in total. The Morgan fingerprint density at radius 2 is 1.00 bits per heavy atom. The van der Waals surface area contributed by atoms with Crippen LogP contribution in [0.15, 0.2) is 180 Å². The topological polar surface area (TPSA) is 16.4 Å². The molecule has 10 rings (SSSR count). The van der Waals surface area contributed by atoms with Crippen molar-refractivity contribution in [1.29, 1.82) is 0 Å². The second-order valence-corrected chi connectivity index (χ2v) is 13.6. The van der Waals surface area contributed by atoms with E-state index in [9.17, 15) is 0 Å². The van der Waals surface area contributed by atoms with Crippen LogP contribution in [0.1, 0.15) is 0 Å². The van der Waals surface area contributed by atoms with Crippen LogP contribution >= 0.6 is 11.3 Å². The molecule has 3 heteroatoms. The van der Waals surface area contributed by atoms with E-state index in [0.717, 1.165) is 39.0 Å². The Kier molecular flexibility index (Phi) is 6.39. The third kappa shape index (κ3) is 4.62. The van der Waals surface area contributed by atoms with Gasteiger partial charge in [0, 0.05) is 54.1 Å². The third-order valence-electron chi connectivity index (χ3n) is 9.65. The van der Waals surface area contributed by atoms with Crippen LogP contribution in [-0.2, 0) is 0 Å². The molecule has 0 amide bonds. The molecule has 0 saturated heterocycles. The zero-order valence-corrected chi connectivity index (χ0v) is 27.3. The predicted molar refractivity (Wildman–Crippen MR) is 210 cm³/mol. The van der Waals surface area contributed by atoms with Gasteiger partial charge in [0.1, 0.15) is 11.2 Å². The molecule has 8 aromatic carbocycles. The van der Waals surface area contributed by atoms with Crippen molar-refractivity contribution in [2.45, 2.75) is 0 Å². The normalized spacial score (nSPS) is 11.7. The largest absolute Gasteiger partial charge is 0.456 e. The first-order valence-electron chi connectivity index (χ1n) is 16.6. The Bertz CT molecular complexity index is 2730. The van der Waals surface area contributed by atoms with Gasteiger partial charge in [-0.05, 0) is 81.6 Å². The molecule has 0 atom stereocenters. The molecule has 0 spiro atoms. The quantitative estimate of drug-likeness (QED) is 0.186. The molecular weight excluding hydrogens is 615 g/mol. The van der Waals surface area contributed by atoms with Gasteiger partial charge in [0.25, 0.3) is 0 Å². The second kappa shape index (κ2) is 11.2. The fraction of sp³-hybridized carbons (Fsp3) is 0. The first-order valence-corrected chi connectivity index (χ1v) is 17.4. The predicted octanol–water partition coefficient (Wildman–Crippen LogP) is 13.9. The van der Waals surface area contributed by atoms with Crippen molar-refractivity contribution in [3.63, 3.8) is 0 Å². The lowest BCUT2D eigenvalue weighted by Crippen LogP contribution is -2.09. The van der Waals surface area contributed by atoms with Crippen molar-refractivity contribution in [2.24, 2.45) is 0 Å². The van der Waals surface area contributed by atoms with Crippen LogP contribution in [0.3, 0.4) is 0 Å². The summed E-state index contributed by atoms with van der Waals surface area (Å²) in [6.45, 7) is 0. The maximum Gasteiger partial charge on any atom is 0.137 e. The summed E-state index contributed by atoms with van der Waals surface area (Å²) >= 11 is 1.84. The summed E-state index contributed by atoms with van der Waals surface area (Å²) in [6.07, 6.45) is 0. The number of anilines is 3. The highest BCUT2D eigenvalue weighted by atomic mass is 32.1. The summed E-state index contributed by atoms with van der Waals surface area (Å²) in [5, 5.41) is 7.33. The Morgan fingerprint density at radius 3 is 1.86 bits per heavy atom. The van der Waals surface area contributed by atoms with Crippen LogP contribution in [0, 0.1) is 0 Å². The van der Waals surface area contributed by atoms with Crippen LogP contribution in [0.2, 0.25) is 0 Å². The summed E-state index contributed by atoms with van der Waals surface area (Å²) < 4.78 is 8.97. The van der Waals surface area contributed by atoms with Gasteiger partial charge in [0.15, 0.2) is 0 Å². The van der Waals surface area contributed by atoms with E-state index in [1.807, 2.05) is 23.5 Å².